The summed E-state index contributed by atoms with van der Waals surface area (Å²) in [6, 6.07) is 3.72. The van der Waals surface area contributed by atoms with Crippen molar-refractivity contribution in [2.75, 3.05) is 6.61 Å². The molecule has 9 heteroatoms. The van der Waals surface area contributed by atoms with Gasteiger partial charge in [0.05, 0.1) is 6.61 Å². The van der Waals surface area contributed by atoms with Crippen LogP contribution in [0.4, 0.5) is 8.78 Å². The Morgan fingerprint density at radius 3 is 2.59 bits per heavy atom. The van der Waals surface area contributed by atoms with Crippen LogP contribution in [0.25, 0.3) is 5.76 Å². The van der Waals surface area contributed by atoms with Crippen LogP contribution in [0.15, 0.2) is 28.7 Å². The molecule has 0 unspecified atom stereocenters. The van der Waals surface area contributed by atoms with Crippen LogP contribution in [0.5, 0.6) is 5.75 Å². The smallest absolute Gasteiger partial charge is 1.00 e. The molecule has 0 amide bonds. The van der Waals surface area contributed by atoms with Crippen molar-refractivity contribution in [3.8, 4) is 5.75 Å². The van der Waals surface area contributed by atoms with Crippen LogP contribution in [0.1, 0.15) is 13.9 Å². The average molecular weight is 373 g/mol. The van der Waals surface area contributed by atoms with Gasteiger partial charge in [0.25, 0.3) is 5.78 Å². The van der Waals surface area contributed by atoms with Gasteiger partial charge in [0, 0.05) is 16.1 Å². The van der Waals surface area contributed by atoms with Crippen molar-refractivity contribution < 1.29 is 53.2 Å². The predicted molar refractivity (Wildman–Crippen MR) is 74.1 cm³/mol. The molecule has 0 fully saturated rings. The molecule has 1 aromatic carbocycles. The van der Waals surface area contributed by atoms with Gasteiger partial charge in [-0.2, -0.15) is 8.78 Å². The van der Waals surface area contributed by atoms with Crippen LogP contribution < -0.4 is 23.6 Å². The van der Waals surface area contributed by atoms with Crippen LogP contribution in [0.3, 0.4) is 0 Å². The van der Waals surface area contributed by atoms with E-state index in [9.17, 15) is 23.5 Å². The minimum absolute atomic E-state index is 0. The summed E-state index contributed by atoms with van der Waals surface area (Å²) in [7, 11) is 0. The van der Waals surface area contributed by atoms with Crippen LogP contribution in [-0.2, 0) is 14.3 Å². The maximum absolute atomic E-state index is 12.2. The van der Waals surface area contributed by atoms with Crippen LogP contribution >= 0.6 is 15.9 Å². The van der Waals surface area contributed by atoms with Crippen molar-refractivity contribution in [1.82, 2.24) is 0 Å². The molecular weight excluding hydrogens is 361 g/mol. The number of halogens is 3. The molecule has 0 aliphatic rings. The Hall–Kier alpha value is -1.36. The molecule has 0 aliphatic carbocycles. The number of esters is 1. The van der Waals surface area contributed by atoms with E-state index in [2.05, 4.69) is 25.4 Å². The molecule has 1 N–H and O–H groups in total. The van der Waals surface area contributed by atoms with Gasteiger partial charge in [0.2, 0.25) is 0 Å². The second-order valence-corrected chi connectivity index (χ2v) is 4.58. The van der Waals surface area contributed by atoms with E-state index in [1.165, 1.54) is 19.1 Å². The van der Waals surface area contributed by atoms with E-state index >= 15 is 0 Å². The molecule has 5 nitrogen and oxygen atoms in total. The van der Waals surface area contributed by atoms with Crippen molar-refractivity contribution in [2.24, 2.45) is 0 Å². The molecular formula is C13H12BrF2LiO5. The van der Waals surface area contributed by atoms with Crippen molar-refractivity contribution in [2.45, 2.75) is 13.5 Å². The van der Waals surface area contributed by atoms with Gasteiger partial charge in [0.15, 0.2) is 0 Å². The van der Waals surface area contributed by atoms with E-state index in [1.54, 1.807) is 0 Å². The van der Waals surface area contributed by atoms with Crippen molar-refractivity contribution in [1.29, 1.82) is 0 Å². The molecule has 0 bridgehead atoms. The number of ketones is 1. The standard InChI is InChI=1S/C13H11BrF2O5.Li.H/c1-2-20-12(19)11(18)6-10(17)7-3-8(14)5-9(4-7)21-13(15)16;;/h3-6,13,17H,2H2,1H3;;/q;+1;-1. The predicted octanol–water partition coefficient (Wildman–Crippen LogP) is 0.198. The molecule has 0 saturated carbocycles. The number of carbonyl (C=O) groups is 2. The zero-order valence-electron chi connectivity index (χ0n) is 12.8. The molecule has 22 heavy (non-hydrogen) atoms. The van der Waals surface area contributed by atoms with E-state index in [0.29, 0.717) is 10.5 Å². The summed E-state index contributed by atoms with van der Waals surface area (Å²) in [5, 5.41) is 9.76. The van der Waals surface area contributed by atoms with Gasteiger partial charge in [-0.05, 0) is 25.1 Å². The Labute approximate surface area is 147 Å². The molecule has 0 saturated heterocycles. The monoisotopic (exact) mass is 372 g/mol. The first-order chi connectivity index (χ1) is 9.83. The third-order valence-corrected chi connectivity index (χ3v) is 2.59. The maximum atomic E-state index is 12.2. The van der Waals surface area contributed by atoms with Crippen molar-refractivity contribution in [3.63, 3.8) is 0 Å². The van der Waals surface area contributed by atoms with E-state index in [-0.39, 0.29) is 38.2 Å². The zero-order chi connectivity index (χ0) is 16.0. The SMILES string of the molecule is CCOC(=O)C(=O)C=C(O)c1cc(Br)cc(OC(F)F)c1.[H-].[Li+]. The first kappa shape index (κ1) is 20.6. The van der Waals surface area contributed by atoms with Gasteiger partial charge >= 0.3 is 31.4 Å². The van der Waals surface area contributed by atoms with Crippen molar-refractivity contribution in [3.05, 3.63) is 34.3 Å². The zero-order valence-corrected chi connectivity index (χ0v) is 13.4. The van der Waals surface area contributed by atoms with Gasteiger partial charge in [-0.25, -0.2) is 4.79 Å². The Balaban J connectivity index is 0. The summed E-state index contributed by atoms with van der Waals surface area (Å²) < 4.78 is 33.3. The number of alkyl halides is 2. The molecule has 0 aliphatic heterocycles. The van der Waals surface area contributed by atoms with Crippen LogP contribution in [-0.4, -0.2) is 30.1 Å². The Bertz CT molecular complexity index is 583. The molecule has 1 aromatic rings. The first-order valence-corrected chi connectivity index (χ1v) is 6.50. The largest absolute Gasteiger partial charge is 1.00 e. The quantitative estimate of drug-likeness (QED) is 0.254. The normalized spacial score (nSPS) is 10.9. The summed E-state index contributed by atoms with van der Waals surface area (Å²) >= 11 is 3.05. The molecule has 116 valence electrons. The van der Waals surface area contributed by atoms with Gasteiger partial charge in [-0.3, -0.25) is 4.79 Å². The van der Waals surface area contributed by atoms with Crippen LogP contribution in [0, 0.1) is 0 Å². The number of hydrogen-bond acceptors (Lipinski definition) is 5. The fourth-order valence-electron chi connectivity index (χ4n) is 1.35. The summed E-state index contributed by atoms with van der Waals surface area (Å²) in [5.74, 6) is -2.97. The third-order valence-electron chi connectivity index (χ3n) is 2.14. The van der Waals surface area contributed by atoms with E-state index in [1.807, 2.05) is 0 Å². The molecule has 1 rings (SSSR count). The summed E-state index contributed by atoms with van der Waals surface area (Å²) in [6.07, 6.45) is 0.645. The number of ether oxygens (including phenoxy) is 2. The van der Waals surface area contributed by atoms with Gasteiger partial charge < -0.3 is 16.0 Å². The van der Waals surface area contributed by atoms with Gasteiger partial charge in [0.1, 0.15) is 11.5 Å². The molecule has 0 radical (unpaired) electrons. The maximum Gasteiger partial charge on any atom is 1.00 e. The summed E-state index contributed by atoms with van der Waals surface area (Å²) in [4.78, 5) is 22.5. The van der Waals surface area contributed by atoms with Gasteiger partial charge in [-0.1, -0.05) is 15.9 Å². The van der Waals surface area contributed by atoms with Gasteiger partial charge in [-0.15, -0.1) is 0 Å². The Kier molecular flexibility index (Phi) is 9.02. The number of hydrogen-bond donors (Lipinski definition) is 1. The number of rotatable bonds is 6. The topological polar surface area (TPSA) is 72.8 Å². The second-order valence-electron chi connectivity index (χ2n) is 3.67. The average Bonchev–Trinajstić information content (AvgIpc) is 2.37. The molecule has 0 spiro atoms. The molecule has 0 aromatic heterocycles. The molecule has 0 heterocycles. The third kappa shape index (κ3) is 6.60. The summed E-state index contributed by atoms with van der Waals surface area (Å²) in [5.41, 5.74) is 0.0256. The Morgan fingerprint density at radius 1 is 1.41 bits per heavy atom. The number of benzene rings is 1. The second kappa shape index (κ2) is 9.61. The number of aliphatic hydroxyl groups is 1. The van der Waals surface area contributed by atoms with Crippen LogP contribution in [0.2, 0.25) is 0 Å². The minimum Gasteiger partial charge on any atom is -1.00 e. The minimum atomic E-state index is -3.03. The van der Waals surface area contributed by atoms with E-state index < -0.39 is 24.1 Å². The van der Waals surface area contributed by atoms with E-state index in [4.69, 9.17) is 0 Å². The first-order valence-electron chi connectivity index (χ1n) is 5.71. The number of aliphatic hydroxyl groups excluding tert-OH is 1. The Morgan fingerprint density at radius 2 is 2.05 bits per heavy atom. The van der Waals surface area contributed by atoms with Crippen molar-refractivity contribution >= 4 is 33.4 Å². The fraction of sp³-hybridized carbons (Fsp3) is 0.231. The molecule has 0 atom stereocenters. The van der Waals surface area contributed by atoms with E-state index in [0.717, 1.165) is 6.07 Å². The summed E-state index contributed by atoms with van der Waals surface area (Å²) in [6.45, 7) is -1.49. The number of carbonyl (C=O) groups excluding carboxylic acids is 2. The fourth-order valence-corrected chi connectivity index (χ4v) is 1.82.